The predicted molar refractivity (Wildman–Crippen MR) is 211 cm³/mol. The summed E-state index contributed by atoms with van der Waals surface area (Å²) in [6.45, 7) is 0. The van der Waals surface area contributed by atoms with Gasteiger partial charge in [-0.25, -0.2) is 15.0 Å². The van der Waals surface area contributed by atoms with E-state index < -0.39 is 0 Å². The number of rotatable bonds is 4. The highest BCUT2D eigenvalue weighted by molar-refractivity contribution is 7.26. The maximum Gasteiger partial charge on any atom is 0.167 e. The van der Waals surface area contributed by atoms with Crippen LogP contribution in [0.4, 0.5) is 0 Å². The Bertz CT molecular complexity index is 3030. The Labute approximate surface area is 295 Å². The minimum absolute atomic E-state index is 0.579. The number of benzene rings is 7. The molecular formula is C45H26N4OS. The van der Waals surface area contributed by atoms with Crippen LogP contribution in [0.1, 0.15) is 0 Å². The van der Waals surface area contributed by atoms with Crippen molar-refractivity contribution in [1.82, 2.24) is 19.5 Å². The summed E-state index contributed by atoms with van der Waals surface area (Å²) < 4.78 is 11.6. The largest absolute Gasteiger partial charge is 0.455 e. The Kier molecular flexibility index (Phi) is 6.05. The number of nitrogens with zero attached hydrogens (tertiary/aromatic N) is 4. The Morgan fingerprint density at radius 3 is 1.71 bits per heavy atom. The van der Waals surface area contributed by atoms with Gasteiger partial charge in [0.15, 0.2) is 17.5 Å². The van der Waals surface area contributed by atoms with Crippen molar-refractivity contribution < 1.29 is 4.42 Å². The third kappa shape index (κ3) is 4.30. The highest BCUT2D eigenvalue weighted by Gasteiger charge is 2.20. The molecule has 0 N–H and O–H groups in total. The number of para-hydroxylation sites is 3. The topological polar surface area (TPSA) is 56.7 Å². The van der Waals surface area contributed by atoms with Crippen LogP contribution in [0.5, 0.6) is 0 Å². The third-order valence-corrected chi connectivity index (χ3v) is 11.0. The fourth-order valence-electron chi connectivity index (χ4n) is 7.54. The Morgan fingerprint density at radius 2 is 1.02 bits per heavy atom. The van der Waals surface area contributed by atoms with Crippen LogP contribution in [0.2, 0.25) is 0 Å². The molecule has 51 heavy (non-hydrogen) atoms. The molecule has 11 rings (SSSR count). The van der Waals surface area contributed by atoms with Crippen LogP contribution in [0, 0.1) is 0 Å². The SMILES string of the molecule is c1ccc(-c2nc(-c3ccccc3)nc(-c3cccc4c3oc3cc5sc6c(-n7c8ccccc8c8ccccc87)cccc6c5cc34)n2)cc1. The summed E-state index contributed by atoms with van der Waals surface area (Å²) in [7, 11) is 0. The first kappa shape index (κ1) is 28.2. The fourth-order valence-corrected chi connectivity index (χ4v) is 8.75. The smallest absolute Gasteiger partial charge is 0.167 e. The van der Waals surface area contributed by atoms with Crippen molar-refractivity contribution in [2.45, 2.75) is 0 Å². The van der Waals surface area contributed by atoms with Crippen LogP contribution in [0.25, 0.3) is 104 Å². The number of aromatic nitrogens is 4. The van der Waals surface area contributed by atoms with Gasteiger partial charge in [0.1, 0.15) is 11.2 Å². The highest BCUT2D eigenvalue weighted by atomic mass is 32.1. The maximum absolute atomic E-state index is 6.75. The van der Waals surface area contributed by atoms with Gasteiger partial charge in [0.25, 0.3) is 0 Å². The van der Waals surface area contributed by atoms with Gasteiger partial charge >= 0.3 is 0 Å². The van der Waals surface area contributed by atoms with Crippen LogP contribution in [-0.2, 0) is 0 Å². The van der Waals surface area contributed by atoms with Gasteiger partial charge in [-0.1, -0.05) is 121 Å². The summed E-state index contributed by atoms with van der Waals surface area (Å²) in [4.78, 5) is 14.9. The van der Waals surface area contributed by atoms with Crippen molar-refractivity contribution in [3.8, 4) is 39.9 Å². The average Bonchev–Trinajstić information content (AvgIpc) is 3.86. The zero-order valence-corrected chi connectivity index (χ0v) is 27.9. The monoisotopic (exact) mass is 670 g/mol. The Morgan fingerprint density at radius 1 is 0.451 bits per heavy atom. The molecule has 4 heterocycles. The van der Waals surface area contributed by atoms with E-state index in [0.717, 1.165) is 38.6 Å². The molecule has 4 aromatic heterocycles. The van der Waals surface area contributed by atoms with Gasteiger partial charge in [-0.05, 0) is 36.4 Å². The molecule has 0 aliphatic heterocycles. The van der Waals surface area contributed by atoms with E-state index in [9.17, 15) is 0 Å². The van der Waals surface area contributed by atoms with Crippen LogP contribution >= 0.6 is 11.3 Å². The molecule has 0 bridgehead atoms. The zero-order chi connectivity index (χ0) is 33.5. The summed E-state index contributed by atoms with van der Waals surface area (Å²) in [5.74, 6) is 1.83. The van der Waals surface area contributed by atoms with E-state index in [1.54, 1.807) is 0 Å². The zero-order valence-electron chi connectivity index (χ0n) is 27.1. The van der Waals surface area contributed by atoms with Crippen molar-refractivity contribution in [2.24, 2.45) is 0 Å². The van der Waals surface area contributed by atoms with Gasteiger partial charge in [0.2, 0.25) is 0 Å². The summed E-state index contributed by atoms with van der Waals surface area (Å²) >= 11 is 1.81. The summed E-state index contributed by atoms with van der Waals surface area (Å²) in [6.07, 6.45) is 0. The van der Waals surface area contributed by atoms with E-state index in [4.69, 9.17) is 19.4 Å². The van der Waals surface area contributed by atoms with Crippen LogP contribution < -0.4 is 0 Å². The molecular weight excluding hydrogens is 645 g/mol. The van der Waals surface area contributed by atoms with E-state index >= 15 is 0 Å². The lowest BCUT2D eigenvalue weighted by atomic mass is 10.1. The normalized spacial score (nSPS) is 11.9. The predicted octanol–water partition coefficient (Wildman–Crippen LogP) is 12.2. The van der Waals surface area contributed by atoms with Crippen LogP contribution in [0.3, 0.4) is 0 Å². The van der Waals surface area contributed by atoms with E-state index in [2.05, 4.69) is 95.6 Å². The molecule has 11 aromatic rings. The molecule has 0 spiro atoms. The second kappa shape index (κ2) is 10.9. The standard InChI is InChI=1S/C45H26N4OS/c1-3-13-27(14-4-1)43-46-44(28-15-5-2-6-16-28)48-45(47-43)33-21-11-19-31-34-25-35-32-20-12-24-38(42(32)51-40(35)26-39(34)50-41(31)33)49-36-22-9-7-17-29(36)30-18-8-10-23-37(30)49/h1-26H. The van der Waals surface area contributed by atoms with Crippen LogP contribution in [0.15, 0.2) is 162 Å². The molecule has 0 atom stereocenters. The molecule has 0 unspecified atom stereocenters. The second-order valence-electron chi connectivity index (χ2n) is 12.8. The van der Waals surface area contributed by atoms with Crippen molar-refractivity contribution >= 4 is 75.3 Å². The maximum atomic E-state index is 6.75. The van der Waals surface area contributed by atoms with Crippen molar-refractivity contribution in [3.63, 3.8) is 0 Å². The first-order valence-electron chi connectivity index (χ1n) is 16.9. The Hall–Kier alpha value is -6.63. The number of thiophene rings is 1. The molecule has 0 aliphatic rings. The quantitative estimate of drug-likeness (QED) is 0.187. The second-order valence-corrected chi connectivity index (χ2v) is 13.8. The van der Waals surface area contributed by atoms with Gasteiger partial charge in [0, 0.05) is 48.1 Å². The van der Waals surface area contributed by atoms with Gasteiger partial charge in [-0.15, -0.1) is 11.3 Å². The Balaban J connectivity index is 1.12. The summed E-state index contributed by atoms with van der Waals surface area (Å²) in [6, 6.07) is 54.9. The lowest BCUT2D eigenvalue weighted by Crippen LogP contribution is -2.00. The van der Waals surface area contributed by atoms with Crippen molar-refractivity contribution in [2.75, 3.05) is 0 Å². The van der Waals surface area contributed by atoms with E-state index in [1.807, 2.05) is 78.1 Å². The van der Waals surface area contributed by atoms with Gasteiger partial charge in [-0.2, -0.15) is 0 Å². The molecule has 238 valence electrons. The fraction of sp³-hybridized carbons (Fsp3) is 0. The van der Waals surface area contributed by atoms with E-state index in [0.29, 0.717) is 17.5 Å². The van der Waals surface area contributed by atoms with Crippen LogP contribution in [-0.4, -0.2) is 19.5 Å². The molecule has 0 saturated carbocycles. The molecule has 0 fully saturated rings. The first-order chi connectivity index (χ1) is 25.3. The number of hydrogen-bond donors (Lipinski definition) is 0. The van der Waals surface area contributed by atoms with E-state index in [-0.39, 0.29) is 0 Å². The van der Waals surface area contributed by atoms with E-state index in [1.165, 1.54) is 47.7 Å². The number of hydrogen-bond acceptors (Lipinski definition) is 5. The molecule has 0 amide bonds. The molecule has 7 aromatic carbocycles. The number of furan rings is 1. The van der Waals surface area contributed by atoms with Gasteiger partial charge in [0.05, 0.1) is 27.0 Å². The molecule has 0 aliphatic carbocycles. The first-order valence-corrected chi connectivity index (χ1v) is 17.8. The molecule has 6 heteroatoms. The highest BCUT2D eigenvalue weighted by Crippen LogP contribution is 2.44. The van der Waals surface area contributed by atoms with Crippen molar-refractivity contribution in [1.29, 1.82) is 0 Å². The molecule has 0 saturated heterocycles. The lowest BCUT2D eigenvalue weighted by molar-refractivity contribution is 0.670. The minimum atomic E-state index is 0.579. The molecule has 0 radical (unpaired) electrons. The van der Waals surface area contributed by atoms with Gasteiger partial charge < -0.3 is 8.98 Å². The average molecular weight is 671 g/mol. The minimum Gasteiger partial charge on any atom is -0.455 e. The summed E-state index contributed by atoms with van der Waals surface area (Å²) in [5.41, 5.74) is 7.92. The summed E-state index contributed by atoms with van der Waals surface area (Å²) in [5, 5.41) is 7.08. The molecule has 5 nitrogen and oxygen atoms in total. The van der Waals surface area contributed by atoms with Gasteiger partial charge in [-0.3, -0.25) is 0 Å². The number of fused-ring (bicyclic) bond motifs is 9. The lowest BCUT2D eigenvalue weighted by Gasteiger charge is -2.09. The third-order valence-electron chi connectivity index (χ3n) is 9.86. The van der Waals surface area contributed by atoms with Crippen molar-refractivity contribution in [3.05, 3.63) is 158 Å².